The second-order valence-electron chi connectivity index (χ2n) is 6.87. The zero-order valence-electron chi connectivity index (χ0n) is 14.4. The van der Waals surface area contributed by atoms with Crippen LogP contribution in [0.5, 0.6) is 0 Å². The average molecular weight is 321 g/mol. The normalized spacial score (nSPS) is 18.9. The largest absolute Gasteiger partial charge is 0.384 e. The maximum Gasteiger partial charge on any atom is 0.0974 e. The van der Waals surface area contributed by atoms with E-state index in [0.29, 0.717) is 6.42 Å². The minimum atomic E-state index is -0.857. The molecule has 2 aromatic rings. The molecule has 0 fully saturated rings. The standard InChI is InChI=1S/C22H27NO/c1-19(18-23-15-9-4-10-16-23)22(24,21-13-7-3-8-14-21)17-20-11-5-2-6-12-20/h2-9,11-14,19,24H,10,15-18H2,1H3/t19-,22-/m0/s1. The summed E-state index contributed by atoms with van der Waals surface area (Å²) < 4.78 is 0. The topological polar surface area (TPSA) is 23.5 Å². The summed E-state index contributed by atoms with van der Waals surface area (Å²) in [4.78, 5) is 2.43. The molecule has 2 nitrogen and oxygen atoms in total. The molecule has 1 aliphatic rings. The van der Waals surface area contributed by atoms with E-state index < -0.39 is 5.60 Å². The molecule has 2 atom stereocenters. The molecule has 1 N–H and O–H groups in total. The minimum absolute atomic E-state index is 0.145. The van der Waals surface area contributed by atoms with Crippen molar-refractivity contribution in [3.05, 3.63) is 83.9 Å². The van der Waals surface area contributed by atoms with Crippen LogP contribution in [0.4, 0.5) is 0 Å². The molecule has 0 saturated carbocycles. The summed E-state index contributed by atoms with van der Waals surface area (Å²) in [6.45, 7) is 5.15. The van der Waals surface area contributed by atoms with Crippen molar-refractivity contribution in [1.82, 2.24) is 4.90 Å². The fourth-order valence-corrected chi connectivity index (χ4v) is 3.59. The van der Waals surface area contributed by atoms with Gasteiger partial charge in [0.2, 0.25) is 0 Å². The summed E-state index contributed by atoms with van der Waals surface area (Å²) in [5.41, 5.74) is 1.33. The Balaban J connectivity index is 1.85. The molecule has 0 amide bonds. The first-order chi connectivity index (χ1) is 11.7. The van der Waals surface area contributed by atoms with Crippen LogP contribution in [0, 0.1) is 5.92 Å². The fraction of sp³-hybridized carbons (Fsp3) is 0.364. The number of aliphatic hydroxyl groups is 1. The SMILES string of the molecule is C[C@@H](CN1CC=CCC1)[C@@](O)(Cc1ccccc1)c1ccccc1. The van der Waals surface area contributed by atoms with Crippen LogP contribution in [0.15, 0.2) is 72.8 Å². The van der Waals surface area contributed by atoms with Gasteiger partial charge in [0.1, 0.15) is 0 Å². The summed E-state index contributed by atoms with van der Waals surface area (Å²) in [6, 6.07) is 20.5. The molecule has 0 bridgehead atoms. The third-order valence-corrected chi connectivity index (χ3v) is 5.08. The van der Waals surface area contributed by atoms with Crippen LogP contribution in [0.3, 0.4) is 0 Å². The van der Waals surface area contributed by atoms with Gasteiger partial charge in [-0.05, 0) is 17.5 Å². The number of hydrogen-bond donors (Lipinski definition) is 1. The van der Waals surface area contributed by atoms with Gasteiger partial charge >= 0.3 is 0 Å². The molecular formula is C22H27NO. The van der Waals surface area contributed by atoms with Crippen molar-refractivity contribution in [2.75, 3.05) is 19.6 Å². The predicted octanol–water partition coefficient (Wildman–Crippen LogP) is 4.01. The Morgan fingerprint density at radius 3 is 2.29 bits per heavy atom. The molecule has 24 heavy (non-hydrogen) atoms. The molecule has 1 aliphatic heterocycles. The number of nitrogens with zero attached hydrogens (tertiary/aromatic N) is 1. The van der Waals surface area contributed by atoms with Crippen LogP contribution < -0.4 is 0 Å². The van der Waals surface area contributed by atoms with Crippen LogP contribution in [0.2, 0.25) is 0 Å². The third kappa shape index (κ3) is 3.95. The van der Waals surface area contributed by atoms with E-state index in [2.05, 4.69) is 48.2 Å². The molecule has 0 radical (unpaired) electrons. The van der Waals surface area contributed by atoms with Gasteiger partial charge in [0.15, 0.2) is 0 Å². The molecule has 0 spiro atoms. The highest BCUT2D eigenvalue weighted by Gasteiger charge is 2.36. The van der Waals surface area contributed by atoms with Gasteiger partial charge in [0.25, 0.3) is 0 Å². The second kappa shape index (κ2) is 7.78. The summed E-state index contributed by atoms with van der Waals surface area (Å²) in [5.74, 6) is 0.145. The Morgan fingerprint density at radius 2 is 1.67 bits per heavy atom. The maximum atomic E-state index is 11.7. The van der Waals surface area contributed by atoms with Gasteiger partial charge in [-0.15, -0.1) is 0 Å². The highest BCUT2D eigenvalue weighted by atomic mass is 16.3. The molecule has 2 heteroatoms. The quantitative estimate of drug-likeness (QED) is 0.813. The molecular weight excluding hydrogens is 294 g/mol. The maximum absolute atomic E-state index is 11.7. The minimum Gasteiger partial charge on any atom is -0.384 e. The highest BCUT2D eigenvalue weighted by Crippen LogP contribution is 2.34. The number of rotatable bonds is 6. The van der Waals surface area contributed by atoms with Gasteiger partial charge in [-0.1, -0.05) is 79.7 Å². The van der Waals surface area contributed by atoms with Crippen molar-refractivity contribution >= 4 is 0 Å². The Labute approximate surface area is 145 Å². The smallest absolute Gasteiger partial charge is 0.0974 e. The van der Waals surface area contributed by atoms with Gasteiger partial charge in [-0.3, -0.25) is 4.90 Å². The lowest BCUT2D eigenvalue weighted by Gasteiger charge is -2.38. The Hall–Kier alpha value is -1.90. The van der Waals surface area contributed by atoms with Gasteiger partial charge in [-0.25, -0.2) is 0 Å². The third-order valence-electron chi connectivity index (χ3n) is 5.08. The molecule has 0 unspecified atom stereocenters. The van der Waals surface area contributed by atoms with Crippen LogP contribution >= 0.6 is 0 Å². The van der Waals surface area contributed by atoms with Crippen molar-refractivity contribution in [3.63, 3.8) is 0 Å². The average Bonchev–Trinajstić information content (AvgIpc) is 2.64. The van der Waals surface area contributed by atoms with E-state index >= 15 is 0 Å². The molecule has 1 heterocycles. The lowest BCUT2D eigenvalue weighted by Crippen LogP contribution is -2.43. The van der Waals surface area contributed by atoms with E-state index in [1.165, 1.54) is 5.56 Å². The summed E-state index contributed by atoms with van der Waals surface area (Å²) >= 11 is 0. The van der Waals surface area contributed by atoms with Gasteiger partial charge in [-0.2, -0.15) is 0 Å². The van der Waals surface area contributed by atoms with Crippen LogP contribution in [0.25, 0.3) is 0 Å². The van der Waals surface area contributed by atoms with Crippen LogP contribution in [-0.2, 0) is 12.0 Å². The zero-order valence-corrected chi connectivity index (χ0v) is 14.4. The van der Waals surface area contributed by atoms with E-state index in [0.717, 1.165) is 31.6 Å². The molecule has 2 aromatic carbocycles. The van der Waals surface area contributed by atoms with E-state index in [9.17, 15) is 5.11 Å². The summed E-state index contributed by atoms with van der Waals surface area (Å²) in [5, 5.41) is 11.7. The summed E-state index contributed by atoms with van der Waals surface area (Å²) in [7, 11) is 0. The van der Waals surface area contributed by atoms with Gasteiger partial charge in [0.05, 0.1) is 5.60 Å². The highest BCUT2D eigenvalue weighted by molar-refractivity contribution is 5.28. The first-order valence-electron chi connectivity index (χ1n) is 8.87. The molecule has 3 rings (SSSR count). The van der Waals surface area contributed by atoms with Crippen molar-refractivity contribution in [3.8, 4) is 0 Å². The van der Waals surface area contributed by atoms with E-state index in [4.69, 9.17) is 0 Å². The number of benzene rings is 2. The Kier molecular flexibility index (Phi) is 5.49. The van der Waals surface area contributed by atoms with Crippen molar-refractivity contribution < 1.29 is 5.11 Å². The van der Waals surface area contributed by atoms with Crippen molar-refractivity contribution in [2.24, 2.45) is 5.92 Å². The van der Waals surface area contributed by atoms with E-state index in [1.54, 1.807) is 0 Å². The van der Waals surface area contributed by atoms with Crippen LogP contribution in [0.1, 0.15) is 24.5 Å². The van der Waals surface area contributed by atoms with Gasteiger partial charge < -0.3 is 5.11 Å². The van der Waals surface area contributed by atoms with Crippen molar-refractivity contribution in [1.29, 1.82) is 0 Å². The predicted molar refractivity (Wildman–Crippen MR) is 99.8 cm³/mol. The van der Waals surface area contributed by atoms with Gasteiger partial charge in [0, 0.05) is 32.0 Å². The molecule has 126 valence electrons. The van der Waals surface area contributed by atoms with Crippen molar-refractivity contribution in [2.45, 2.75) is 25.4 Å². The second-order valence-corrected chi connectivity index (χ2v) is 6.87. The Morgan fingerprint density at radius 1 is 1.00 bits per heavy atom. The lowest BCUT2D eigenvalue weighted by molar-refractivity contribution is -0.0290. The number of hydrogen-bond acceptors (Lipinski definition) is 2. The monoisotopic (exact) mass is 321 g/mol. The van der Waals surface area contributed by atoms with Crippen LogP contribution in [-0.4, -0.2) is 29.6 Å². The first-order valence-corrected chi connectivity index (χ1v) is 8.87. The lowest BCUT2D eigenvalue weighted by atomic mass is 9.77. The van der Waals surface area contributed by atoms with E-state index in [-0.39, 0.29) is 5.92 Å². The first kappa shape index (κ1) is 16.9. The fourth-order valence-electron chi connectivity index (χ4n) is 3.59. The Bertz CT molecular complexity index is 652. The molecule has 0 aromatic heterocycles. The summed E-state index contributed by atoms with van der Waals surface area (Å²) in [6.07, 6.45) is 6.22. The zero-order chi connectivity index (χ0) is 16.8. The molecule has 0 saturated heterocycles. The molecule has 0 aliphatic carbocycles. The van der Waals surface area contributed by atoms with E-state index in [1.807, 2.05) is 36.4 Å².